The zero-order valence-electron chi connectivity index (χ0n) is 19.5. The third-order valence-electron chi connectivity index (χ3n) is 6.72. The Bertz CT molecular complexity index is 1100. The number of fused-ring (bicyclic) bond motifs is 3. The lowest BCUT2D eigenvalue weighted by Crippen LogP contribution is -2.45. The minimum atomic E-state index is -3.26. The predicted octanol–water partition coefficient (Wildman–Crippen LogP) is 4.17. The van der Waals surface area contributed by atoms with Gasteiger partial charge in [0.25, 0.3) is 5.92 Å². The van der Waals surface area contributed by atoms with Crippen LogP contribution in [0.4, 0.5) is 13.6 Å². The van der Waals surface area contributed by atoms with Crippen molar-refractivity contribution >= 4 is 18.0 Å². The molecule has 0 aliphatic heterocycles. The molecule has 2 amide bonds. The summed E-state index contributed by atoms with van der Waals surface area (Å²) in [5, 5.41) is 13.7. The molecule has 186 valence electrons. The molecule has 2 aromatic rings. The number of alkyl carbamates (subject to hydrolysis) is 1. The van der Waals surface area contributed by atoms with E-state index in [1.807, 2.05) is 48.5 Å². The molecule has 0 bridgehead atoms. The van der Waals surface area contributed by atoms with E-state index in [0.717, 1.165) is 22.3 Å². The molecule has 7 nitrogen and oxygen atoms in total. The van der Waals surface area contributed by atoms with E-state index in [0.29, 0.717) is 0 Å². The summed E-state index contributed by atoms with van der Waals surface area (Å²) in [4.78, 5) is 35.4. The number of carboxylic acids is 1. The number of alkyl halides is 2. The normalized spacial score (nSPS) is 19.9. The Morgan fingerprint density at radius 2 is 1.60 bits per heavy atom. The van der Waals surface area contributed by atoms with Crippen LogP contribution in [0.3, 0.4) is 0 Å². The average Bonchev–Trinajstić information content (AvgIpc) is 3.21. The van der Waals surface area contributed by atoms with Crippen molar-refractivity contribution in [2.75, 3.05) is 13.2 Å². The van der Waals surface area contributed by atoms with Crippen molar-refractivity contribution in [3.8, 4) is 11.1 Å². The van der Waals surface area contributed by atoms with Crippen molar-refractivity contribution in [3.63, 3.8) is 0 Å². The highest BCUT2D eigenvalue weighted by molar-refractivity contribution is 5.84. The van der Waals surface area contributed by atoms with Crippen molar-refractivity contribution in [2.45, 2.75) is 44.1 Å². The van der Waals surface area contributed by atoms with E-state index in [9.17, 15) is 23.2 Å². The van der Waals surface area contributed by atoms with Crippen LogP contribution in [0.5, 0.6) is 0 Å². The molecule has 0 heterocycles. The minimum Gasteiger partial charge on any atom is -0.481 e. The third-order valence-corrected chi connectivity index (χ3v) is 6.72. The number of hydrogen-bond acceptors (Lipinski definition) is 4. The van der Waals surface area contributed by atoms with Crippen LogP contribution in [-0.4, -0.2) is 47.7 Å². The van der Waals surface area contributed by atoms with Crippen molar-refractivity contribution in [3.05, 3.63) is 59.7 Å². The van der Waals surface area contributed by atoms with E-state index < -0.39 is 47.8 Å². The van der Waals surface area contributed by atoms with Crippen molar-refractivity contribution in [1.29, 1.82) is 0 Å². The number of carbonyl (C=O) groups is 3. The Balaban J connectivity index is 1.29. The van der Waals surface area contributed by atoms with E-state index in [1.54, 1.807) is 13.8 Å². The van der Waals surface area contributed by atoms with Gasteiger partial charge in [-0.2, -0.15) is 0 Å². The molecule has 1 saturated carbocycles. The predicted molar refractivity (Wildman–Crippen MR) is 124 cm³/mol. The van der Waals surface area contributed by atoms with Crippen LogP contribution in [-0.2, 0) is 14.3 Å². The van der Waals surface area contributed by atoms with E-state index in [4.69, 9.17) is 9.84 Å². The molecule has 0 aromatic heterocycles. The van der Waals surface area contributed by atoms with Gasteiger partial charge in [0, 0.05) is 24.4 Å². The molecule has 2 aliphatic rings. The maximum Gasteiger partial charge on any atom is 0.407 e. The zero-order valence-corrected chi connectivity index (χ0v) is 19.5. The molecule has 2 aromatic carbocycles. The van der Waals surface area contributed by atoms with Gasteiger partial charge < -0.3 is 20.5 Å². The van der Waals surface area contributed by atoms with E-state index >= 15 is 0 Å². The van der Waals surface area contributed by atoms with Crippen LogP contribution < -0.4 is 10.6 Å². The quantitative estimate of drug-likeness (QED) is 0.494. The van der Waals surface area contributed by atoms with Crippen LogP contribution in [0.25, 0.3) is 11.1 Å². The molecule has 4 rings (SSSR count). The maximum absolute atomic E-state index is 14.3. The summed E-state index contributed by atoms with van der Waals surface area (Å²) in [5.41, 5.74) is 3.29. The Morgan fingerprint density at radius 3 is 2.17 bits per heavy atom. The monoisotopic (exact) mass is 486 g/mol. The molecule has 0 saturated heterocycles. The number of carbonyl (C=O) groups excluding carboxylic acids is 2. The molecule has 1 fully saturated rings. The Hall–Kier alpha value is -3.49. The van der Waals surface area contributed by atoms with Gasteiger partial charge in [-0.1, -0.05) is 48.5 Å². The lowest BCUT2D eigenvalue weighted by molar-refractivity contribution is -0.138. The fourth-order valence-electron chi connectivity index (χ4n) is 4.74. The molecule has 0 radical (unpaired) electrons. The van der Waals surface area contributed by atoms with Crippen LogP contribution in [0.2, 0.25) is 0 Å². The first-order chi connectivity index (χ1) is 16.5. The first-order valence-electron chi connectivity index (χ1n) is 11.5. The lowest BCUT2D eigenvalue weighted by atomic mass is 9.98. The SMILES string of the molecule is CC(C)(CCC(=O)O)NC(=O)[C@@H]1[C@H](CNC(=O)OCC2c3ccccc3-c3ccccc32)C1(F)F. The minimum absolute atomic E-state index is 0.0581. The Kier molecular flexibility index (Phi) is 6.53. The van der Waals surface area contributed by atoms with Crippen LogP contribution >= 0.6 is 0 Å². The molecule has 2 aliphatic carbocycles. The highest BCUT2D eigenvalue weighted by Crippen LogP contribution is 2.55. The van der Waals surface area contributed by atoms with Gasteiger partial charge in [0.05, 0.1) is 5.92 Å². The highest BCUT2D eigenvalue weighted by atomic mass is 19.3. The first-order valence-corrected chi connectivity index (χ1v) is 11.5. The average molecular weight is 487 g/mol. The summed E-state index contributed by atoms with van der Waals surface area (Å²) in [7, 11) is 0. The van der Waals surface area contributed by atoms with Gasteiger partial charge in [0.1, 0.15) is 12.5 Å². The van der Waals surface area contributed by atoms with Gasteiger partial charge in [-0.05, 0) is 42.5 Å². The molecule has 0 unspecified atom stereocenters. The number of nitrogens with one attached hydrogen (secondary N) is 2. The first kappa shape index (κ1) is 24.6. The highest BCUT2D eigenvalue weighted by Gasteiger charge is 2.71. The summed E-state index contributed by atoms with van der Waals surface area (Å²) < 4.78 is 33.9. The number of ether oxygens (including phenoxy) is 1. The molecule has 0 spiro atoms. The largest absolute Gasteiger partial charge is 0.481 e. The van der Waals surface area contributed by atoms with Crippen LogP contribution in [0.15, 0.2) is 48.5 Å². The molecule has 2 atom stereocenters. The third kappa shape index (κ3) is 5.13. The van der Waals surface area contributed by atoms with Gasteiger partial charge in [-0.15, -0.1) is 0 Å². The summed E-state index contributed by atoms with van der Waals surface area (Å²) in [6.07, 6.45) is -0.911. The topological polar surface area (TPSA) is 105 Å². The van der Waals surface area contributed by atoms with Crippen molar-refractivity contribution in [1.82, 2.24) is 10.6 Å². The lowest BCUT2D eigenvalue weighted by Gasteiger charge is -2.25. The zero-order chi connectivity index (χ0) is 25.4. The van der Waals surface area contributed by atoms with E-state index in [1.165, 1.54) is 0 Å². The number of halogens is 2. The van der Waals surface area contributed by atoms with E-state index in [2.05, 4.69) is 10.6 Å². The Labute approximate surface area is 201 Å². The number of amides is 2. The molecule has 35 heavy (non-hydrogen) atoms. The summed E-state index contributed by atoms with van der Waals surface area (Å²) in [5.74, 6) is -8.23. The van der Waals surface area contributed by atoms with Crippen LogP contribution in [0.1, 0.15) is 43.7 Å². The molecule has 3 N–H and O–H groups in total. The van der Waals surface area contributed by atoms with Crippen molar-refractivity contribution in [2.24, 2.45) is 11.8 Å². The second-order valence-corrected chi connectivity index (χ2v) is 9.73. The van der Waals surface area contributed by atoms with Gasteiger partial charge in [-0.25, -0.2) is 13.6 Å². The molecular formula is C26H28F2N2O5. The maximum atomic E-state index is 14.3. The van der Waals surface area contributed by atoms with Crippen molar-refractivity contribution < 1.29 is 33.0 Å². The van der Waals surface area contributed by atoms with Gasteiger partial charge in [0.15, 0.2) is 0 Å². The second kappa shape index (κ2) is 9.28. The van der Waals surface area contributed by atoms with Gasteiger partial charge in [0.2, 0.25) is 5.91 Å². The van der Waals surface area contributed by atoms with Crippen LogP contribution in [0, 0.1) is 11.8 Å². The van der Waals surface area contributed by atoms with Gasteiger partial charge >= 0.3 is 12.1 Å². The second-order valence-electron chi connectivity index (χ2n) is 9.73. The van der Waals surface area contributed by atoms with Gasteiger partial charge in [-0.3, -0.25) is 9.59 Å². The fourth-order valence-corrected chi connectivity index (χ4v) is 4.74. The Morgan fingerprint density at radius 1 is 1.03 bits per heavy atom. The summed E-state index contributed by atoms with van der Waals surface area (Å²) >= 11 is 0. The molecular weight excluding hydrogens is 458 g/mol. The number of rotatable bonds is 9. The smallest absolute Gasteiger partial charge is 0.407 e. The summed E-state index contributed by atoms with van der Waals surface area (Å²) in [6, 6.07) is 15.7. The number of aliphatic carboxylic acids is 1. The number of carboxylic acid groups (broad SMARTS) is 1. The standard InChI is InChI=1S/C26H28F2N2O5/c1-25(2,12-11-21(31)32)30-23(33)22-20(26(22,27)28)13-29-24(34)35-14-19-17-9-5-3-7-15(17)16-8-4-6-10-18(16)19/h3-10,19-20,22H,11-14H2,1-2H3,(H,29,34)(H,30,33)(H,31,32)/t20-,22-/m0/s1. The number of hydrogen-bond donors (Lipinski definition) is 3. The number of benzene rings is 2. The fraction of sp³-hybridized carbons (Fsp3) is 0.423. The summed E-state index contributed by atoms with van der Waals surface area (Å²) in [6.45, 7) is 2.82. The van der Waals surface area contributed by atoms with E-state index in [-0.39, 0.29) is 25.4 Å². The molecule has 9 heteroatoms.